The van der Waals surface area contributed by atoms with E-state index in [2.05, 4.69) is 15.0 Å². The number of hydrogen-bond acceptors (Lipinski definition) is 6. The van der Waals surface area contributed by atoms with Crippen LogP contribution >= 0.6 is 0 Å². The van der Waals surface area contributed by atoms with Gasteiger partial charge in [-0.2, -0.15) is 0 Å². The third-order valence-electron chi connectivity index (χ3n) is 2.96. The molecule has 0 aromatic carbocycles. The Labute approximate surface area is 115 Å². The highest BCUT2D eigenvalue weighted by Gasteiger charge is 2.44. The molecule has 2 heterocycles. The minimum atomic E-state index is -1.22. The molecule has 4 atom stereocenters. The zero-order valence-electron chi connectivity index (χ0n) is 11.1. The van der Waals surface area contributed by atoms with Gasteiger partial charge in [-0.15, -0.1) is 0 Å². The average molecular weight is 283 g/mol. The highest BCUT2D eigenvalue weighted by atomic mass is 16.6. The van der Waals surface area contributed by atoms with E-state index in [1.165, 1.54) is 6.20 Å². The first-order chi connectivity index (χ1) is 9.43. The first kappa shape index (κ1) is 14.8. The number of aliphatic imine (C=N–C) groups is 1. The van der Waals surface area contributed by atoms with E-state index in [0.29, 0.717) is 5.71 Å². The van der Waals surface area contributed by atoms with E-state index >= 15 is 0 Å². The van der Waals surface area contributed by atoms with Gasteiger partial charge in [-0.3, -0.25) is 4.79 Å². The molecular weight excluding hydrogens is 266 g/mol. The van der Waals surface area contributed by atoms with Crippen LogP contribution in [-0.2, 0) is 4.74 Å². The number of nitrogens with one attached hydrogen (secondary N) is 1. The van der Waals surface area contributed by atoms with Gasteiger partial charge in [0.2, 0.25) is 0 Å². The number of H-pyrrole nitrogens is 1. The van der Waals surface area contributed by atoms with Gasteiger partial charge >= 0.3 is 0 Å². The molecule has 1 aromatic rings. The summed E-state index contributed by atoms with van der Waals surface area (Å²) >= 11 is 0. The molecule has 0 unspecified atom stereocenters. The molecule has 1 aliphatic rings. The van der Waals surface area contributed by atoms with E-state index in [1.807, 2.05) is 0 Å². The van der Waals surface area contributed by atoms with Gasteiger partial charge in [0.25, 0.3) is 5.91 Å². The lowest BCUT2D eigenvalue weighted by atomic mass is 10.1. The Kier molecular flexibility index (Phi) is 4.29. The Hall–Kier alpha value is -1.61. The summed E-state index contributed by atoms with van der Waals surface area (Å²) < 4.78 is 5.30. The lowest BCUT2D eigenvalue weighted by Gasteiger charge is -2.11. The predicted octanol–water partition coefficient (Wildman–Crippen LogP) is -0.815. The maximum Gasteiger partial charge on any atom is 0.294 e. The van der Waals surface area contributed by atoms with Crippen LogP contribution in [0.1, 0.15) is 36.3 Å². The second-order valence-electron chi connectivity index (χ2n) is 4.81. The van der Waals surface area contributed by atoms with E-state index in [-0.39, 0.29) is 11.5 Å². The summed E-state index contributed by atoms with van der Waals surface area (Å²) in [7, 11) is 0. The number of carbonyl (C=O) groups excluding carboxylic acids is 1. The summed E-state index contributed by atoms with van der Waals surface area (Å²) in [5.41, 5.74) is 0.776. The summed E-state index contributed by atoms with van der Waals surface area (Å²) in [6, 6.07) is 0. The second kappa shape index (κ2) is 5.80. The number of ether oxygens (including phenoxy) is 1. The van der Waals surface area contributed by atoms with E-state index < -0.39 is 36.9 Å². The van der Waals surface area contributed by atoms with Gasteiger partial charge in [-0.1, -0.05) is 0 Å². The normalized spacial score (nSPS) is 29.4. The fourth-order valence-electron chi connectivity index (χ4n) is 1.98. The van der Waals surface area contributed by atoms with Crippen molar-refractivity contribution in [3.05, 3.63) is 17.7 Å². The van der Waals surface area contributed by atoms with Crippen molar-refractivity contribution in [1.82, 2.24) is 9.97 Å². The number of carbonyl (C=O) groups is 1. The van der Waals surface area contributed by atoms with E-state index in [4.69, 9.17) is 9.84 Å². The van der Waals surface area contributed by atoms with Crippen molar-refractivity contribution in [2.24, 2.45) is 4.99 Å². The average Bonchev–Trinajstić information content (AvgIpc) is 2.96. The molecule has 8 heteroatoms. The third kappa shape index (κ3) is 2.78. The zero-order chi connectivity index (χ0) is 14.9. The summed E-state index contributed by atoms with van der Waals surface area (Å²) in [5.74, 6) is -0.268. The first-order valence-corrected chi connectivity index (χ1v) is 6.17. The first-order valence-electron chi connectivity index (χ1n) is 6.17. The van der Waals surface area contributed by atoms with Crippen molar-refractivity contribution in [2.45, 2.75) is 38.3 Å². The predicted molar refractivity (Wildman–Crippen MR) is 68.4 cm³/mol. The van der Waals surface area contributed by atoms with Gasteiger partial charge in [0.1, 0.15) is 35.9 Å². The van der Waals surface area contributed by atoms with Gasteiger partial charge in [-0.05, 0) is 13.8 Å². The number of amides is 1. The Morgan fingerprint density at radius 2 is 2.15 bits per heavy atom. The largest absolute Gasteiger partial charge is 0.394 e. The van der Waals surface area contributed by atoms with Gasteiger partial charge < -0.3 is 25.0 Å². The molecule has 0 aliphatic carbocycles. The monoisotopic (exact) mass is 283 g/mol. The number of aliphatic hydroxyl groups is 3. The Morgan fingerprint density at radius 1 is 1.45 bits per heavy atom. The van der Waals surface area contributed by atoms with Crippen molar-refractivity contribution >= 4 is 11.6 Å². The highest BCUT2D eigenvalue weighted by Crippen LogP contribution is 2.31. The topological polar surface area (TPSA) is 128 Å². The van der Waals surface area contributed by atoms with Crippen LogP contribution in [0.15, 0.2) is 11.2 Å². The molecule has 4 N–H and O–H groups in total. The minimum Gasteiger partial charge on any atom is -0.394 e. The third-order valence-corrected chi connectivity index (χ3v) is 2.96. The van der Waals surface area contributed by atoms with Crippen LogP contribution in [0.5, 0.6) is 0 Å². The maximum atomic E-state index is 11.7. The van der Waals surface area contributed by atoms with E-state index in [1.54, 1.807) is 13.8 Å². The van der Waals surface area contributed by atoms with Gasteiger partial charge in [0.15, 0.2) is 0 Å². The fraction of sp³-hybridized carbons (Fsp3) is 0.583. The number of hydrogen-bond donors (Lipinski definition) is 4. The van der Waals surface area contributed by atoms with Crippen LogP contribution in [0.4, 0.5) is 0 Å². The summed E-state index contributed by atoms with van der Waals surface area (Å²) in [5, 5.41) is 28.5. The number of rotatable bonds is 3. The van der Waals surface area contributed by atoms with Crippen molar-refractivity contribution < 1.29 is 24.9 Å². The fourth-order valence-corrected chi connectivity index (χ4v) is 1.98. The van der Waals surface area contributed by atoms with Gasteiger partial charge in [0, 0.05) is 5.71 Å². The van der Waals surface area contributed by atoms with Crippen molar-refractivity contribution in [3.63, 3.8) is 0 Å². The molecule has 0 radical (unpaired) electrons. The number of imidazole rings is 1. The summed E-state index contributed by atoms with van der Waals surface area (Å²) in [4.78, 5) is 22.1. The second-order valence-corrected chi connectivity index (χ2v) is 4.81. The lowest BCUT2D eigenvalue weighted by molar-refractivity contribution is -0.0250. The molecule has 1 aliphatic heterocycles. The van der Waals surface area contributed by atoms with E-state index in [9.17, 15) is 15.0 Å². The molecule has 1 aromatic heterocycles. The van der Waals surface area contributed by atoms with Crippen molar-refractivity contribution in [2.75, 3.05) is 6.61 Å². The van der Waals surface area contributed by atoms with Crippen molar-refractivity contribution in [3.8, 4) is 0 Å². The van der Waals surface area contributed by atoms with Crippen molar-refractivity contribution in [1.29, 1.82) is 0 Å². The lowest BCUT2D eigenvalue weighted by Crippen LogP contribution is -2.32. The molecule has 2 rings (SSSR count). The number of nitrogens with zero attached hydrogens (tertiary/aromatic N) is 2. The Balaban J connectivity index is 2.17. The zero-order valence-corrected chi connectivity index (χ0v) is 11.1. The molecule has 0 bridgehead atoms. The minimum absolute atomic E-state index is 0.166. The van der Waals surface area contributed by atoms with Crippen LogP contribution in [0, 0.1) is 0 Å². The molecule has 1 saturated heterocycles. The molecule has 1 fully saturated rings. The van der Waals surface area contributed by atoms with Crippen LogP contribution in [-0.4, -0.2) is 61.8 Å². The van der Waals surface area contributed by atoms with Crippen LogP contribution in [0.3, 0.4) is 0 Å². The quantitative estimate of drug-likeness (QED) is 0.537. The van der Waals surface area contributed by atoms with E-state index in [0.717, 1.165) is 0 Å². The summed E-state index contributed by atoms with van der Waals surface area (Å²) in [6.07, 6.45) is -2.94. The van der Waals surface area contributed by atoms with Crippen LogP contribution in [0.25, 0.3) is 0 Å². The molecular formula is C12H17N3O5. The highest BCUT2D eigenvalue weighted by molar-refractivity contribution is 6.01. The number of aliphatic hydroxyl groups excluding tert-OH is 3. The number of aromatic nitrogens is 2. The van der Waals surface area contributed by atoms with Gasteiger partial charge in [0.05, 0.1) is 12.8 Å². The molecule has 20 heavy (non-hydrogen) atoms. The SMILES string of the molecule is CC(C)=NC(=O)c1cnc([C@@H]2O[C@H](CO)[C@@H](O)[C@H]2O)[nH]1. The Morgan fingerprint density at radius 3 is 2.70 bits per heavy atom. The van der Waals surface area contributed by atoms with Crippen LogP contribution < -0.4 is 0 Å². The summed E-state index contributed by atoms with van der Waals surface area (Å²) in [6.45, 7) is 2.98. The molecule has 8 nitrogen and oxygen atoms in total. The number of aromatic amines is 1. The molecule has 1 amide bonds. The molecule has 0 saturated carbocycles. The van der Waals surface area contributed by atoms with Crippen LogP contribution in [0.2, 0.25) is 0 Å². The van der Waals surface area contributed by atoms with Gasteiger partial charge in [-0.25, -0.2) is 9.98 Å². The smallest absolute Gasteiger partial charge is 0.294 e. The maximum absolute atomic E-state index is 11.7. The molecule has 0 spiro atoms. The standard InChI is InChI=1S/C12H17N3O5/c1-5(2)14-12(19)6-3-13-11(15-6)10-9(18)8(17)7(4-16)20-10/h3,7-10,16-18H,4H2,1-2H3,(H,13,15)/t7-,8-,9-,10-/m1/s1. The molecule has 110 valence electrons. The Bertz CT molecular complexity index is 523.